The topological polar surface area (TPSA) is 78.0 Å². The molecule has 0 unspecified atom stereocenters. The Hall–Kier alpha value is -2.70. The van der Waals surface area contributed by atoms with Gasteiger partial charge in [-0.1, -0.05) is 41.9 Å². The van der Waals surface area contributed by atoms with Gasteiger partial charge in [-0.3, -0.25) is 9.89 Å². The predicted octanol–water partition coefficient (Wildman–Crippen LogP) is 3.54. The van der Waals surface area contributed by atoms with E-state index in [-0.39, 0.29) is 21.8 Å². The first-order valence-corrected chi connectivity index (χ1v) is 7.47. The lowest BCUT2D eigenvalue weighted by molar-refractivity contribution is -0.124. The smallest absolute Gasteiger partial charge is 0.258 e. The fourth-order valence-corrected chi connectivity index (χ4v) is 2.53. The number of hydrogen-bond acceptors (Lipinski definition) is 3. The van der Waals surface area contributed by atoms with E-state index in [2.05, 4.69) is 15.5 Å². The van der Waals surface area contributed by atoms with Crippen LogP contribution in [0, 0.1) is 5.82 Å². The molecule has 0 aliphatic carbocycles. The molecule has 1 atom stereocenters. The van der Waals surface area contributed by atoms with E-state index < -0.39 is 17.8 Å². The third-order valence-corrected chi connectivity index (χ3v) is 3.83. The van der Waals surface area contributed by atoms with Crippen LogP contribution in [0.4, 0.5) is 10.1 Å². The maximum atomic E-state index is 13.9. The SMILES string of the molecule is O=C(Nc1cn[nH]c1-c1ccccc1F)[C@H](O)c1ccccc1Cl. The molecule has 24 heavy (non-hydrogen) atoms. The van der Waals surface area contributed by atoms with Crippen molar-refractivity contribution in [3.8, 4) is 11.3 Å². The average molecular weight is 346 g/mol. The van der Waals surface area contributed by atoms with Gasteiger partial charge in [-0.2, -0.15) is 5.10 Å². The van der Waals surface area contributed by atoms with E-state index in [0.717, 1.165) is 0 Å². The van der Waals surface area contributed by atoms with Crippen LogP contribution in [0.5, 0.6) is 0 Å². The number of aliphatic hydroxyl groups excluding tert-OH is 1. The second kappa shape index (κ2) is 6.82. The minimum Gasteiger partial charge on any atom is -0.378 e. The van der Waals surface area contributed by atoms with Gasteiger partial charge in [0, 0.05) is 16.1 Å². The van der Waals surface area contributed by atoms with Crippen LogP contribution < -0.4 is 5.32 Å². The zero-order valence-corrected chi connectivity index (χ0v) is 13.1. The molecule has 0 aliphatic rings. The van der Waals surface area contributed by atoms with Gasteiger partial charge in [0.1, 0.15) is 5.82 Å². The van der Waals surface area contributed by atoms with Crippen molar-refractivity contribution in [1.29, 1.82) is 0 Å². The number of rotatable bonds is 4. The van der Waals surface area contributed by atoms with Crippen LogP contribution in [0.2, 0.25) is 5.02 Å². The van der Waals surface area contributed by atoms with Crippen LogP contribution in [0.3, 0.4) is 0 Å². The van der Waals surface area contributed by atoms with Crippen molar-refractivity contribution < 1.29 is 14.3 Å². The van der Waals surface area contributed by atoms with Crippen LogP contribution in [-0.2, 0) is 4.79 Å². The summed E-state index contributed by atoms with van der Waals surface area (Å²) in [5.74, 6) is -1.15. The fraction of sp³-hybridized carbons (Fsp3) is 0.0588. The molecule has 2 aromatic carbocycles. The highest BCUT2D eigenvalue weighted by molar-refractivity contribution is 6.31. The summed E-state index contributed by atoms with van der Waals surface area (Å²) in [7, 11) is 0. The third-order valence-electron chi connectivity index (χ3n) is 3.49. The quantitative estimate of drug-likeness (QED) is 0.676. The van der Waals surface area contributed by atoms with Crippen LogP contribution in [0.25, 0.3) is 11.3 Å². The minimum absolute atomic E-state index is 0.260. The molecule has 0 fully saturated rings. The van der Waals surface area contributed by atoms with E-state index >= 15 is 0 Å². The van der Waals surface area contributed by atoms with E-state index in [1.54, 1.807) is 42.5 Å². The van der Waals surface area contributed by atoms with Crippen molar-refractivity contribution in [2.45, 2.75) is 6.10 Å². The van der Waals surface area contributed by atoms with Crippen molar-refractivity contribution in [2.24, 2.45) is 0 Å². The van der Waals surface area contributed by atoms with Gasteiger partial charge in [0.05, 0.1) is 17.6 Å². The van der Waals surface area contributed by atoms with Crippen molar-refractivity contribution in [1.82, 2.24) is 10.2 Å². The number of nitrogens with zero attached hydrogens (tertiary/aromatic N) is 1. The number of hydrogen-bond donors (Lipinski definition) is 3. The van der Waals surface area contributed by atoms with E-state index in [0.29, 0.717) is 5.69 Å². The Morgan fingerprint density at radius 3 is 2.67 bits per heavy atom. The Balaban J connectivity index is 1.85. The first-order valence-electron chi connectivity index (χ1n) is 7.09. The number of benzene rings is 2. The molecule has 0 saturated carbocycles. The van der Waals surface area contributed by atoms with Gasteiger partial charge in [-0.25, -0.2) is 4.39 Å². The molecular weight excluding hydrogens is 333 g/mol. The van der Waals surface area contributed by atoms with Crippen molar-refractivity contribution >= 4 is 23.2 Å². The first-order chi connectivity index (χ1) is 11.6. The normalized spacial score (nSPS) is 12.0. The van der Waals surface area contributed by atoms with Gasteiger partial charge < -0.3 is 10.4 Å². The Morgan fingerprint density at radius 1 is 1.21 bits per heavy atom. The van der Waals surface area contributed by atoms with Gasteiger partial charge in [0.2, 0.25) is 0 Å². The van der Waals surface area contributed by atoms with Gasteiger partial charge in [0.15, 0.2) is 6.10 Å². The molecule has 0 aliphatic heterocycles. The number of amides is 1. The summed E-state index contributed by atoms with van der Waals surface area (Å²) in [5, 5.41) is 19.5. The number of nitrogens with one attached hydrogen (secondary N) is 2. The Morgan fingerprint density at radius 2 is 1.92 bits per heavy atom. The molecule has 0 saturated heterocycles. The van der Waals surface area contributed by atoms with Crippen LogP contribution >= 0.6 is 11.6 Å². The van der Waals surface area contributed by atoms with Gasteiger partial charge >= 0.3 is 0 Å². The van der Waals surface area contributed by atoms with E-state index in [4.69, 9.17) is 11.6 Å². The highest BCUT2D eigenvalue weighted by atomic mass is 35.5. The Kier molecular flexibility index (Phi) is 4.59. The molecule has 0 radical (unpaired) electrons. The molecule has 5 nitrogen and oxygen atoms in total. The molecule has 0 bridgehead atoms. The summed E-state index contributed by atoms with van der Waals surface area (Å²) < 4.78 is 13.9. The van der Waals surface area contributed by atoms with E-state index in [1.807, 2.05) is 0 Å². The molecule has 1 heterocycles. The summed E-state index contributed by atoms with van der Waals surface area (Å²) in [4.78, 5) is 12.3. The lowest BCUT2D eigenvalue weighted by Crippen LogP contribution is -2.21. The van der Waals surface area contributed by atoms with Crippen molar-refractivity contribution in [3.05, 3.63) is 71.1 Å². The zero-order valence-electron chi connectivity index (χ0n) is 12.3. The monoisotopic (exact) mass is 345 g/mol. The standard InChI is InChI=1S/C17H13ClFN3O2/c18-12-7-3-1-5-10(12)16(23)17(24)21-14-9-20-22-15(14)11-6-2-4-8-13(11)19/h1-9,16,23H,(H,20,22)(H,21,24)/t16-/m1/s1. The van der Waals surface area contributed by atoms with Crippen LogP contribution in [-0.4, -0.2) is 21.2 Å². The second-order valence-corrected chi connectivity index (χ2v) is 5.46. The summed E-state index contributed by atoms with van der Waals surface area (Å²) in [6.07, 6.45) is -0.110. The maximum Gasteiger partial charge on any atom is 0.258 e. The fourth-order valence-electron chi connectivity index (χ4n) is 2.29. The zero-order chi connectivity index (χ0) is 17.1. The number of halogens is 2. The van der Waals surface area contributed by atoms with Crippen LogP contribution in [0.15, 0.2) is 54.7 Å². The average Bonchev–Trinajstić information content (AvgIpc) is 3.03. The first kappa shape index (κ1) is 16.2. The number of aromatic amines is 1. The van der Waals surface area contributed by atoms with Crippen molar-refractivity contribution in [3.63, 3.8) is 0 Å². The van der Waals surface area contributed by atoms with Crippen LogP contribution in [0.1, 0.15) is 11.7 Å². The summed E-state index contributed by atoms with van der Waals surface area (Å²) in [5.41, 5.74) is 1.12. The molecule has 3 rings (SSSR count). The molecule has 1 amide bonds. The lowest BCUT2D eigenvalue weighted by atomic mass is 10.1. The van der Waals surface area contributed by atoms with Gasteiger partial charge in [0.25, 0.3) is 5.91 Å². The Bertz CT molecular complexity index is 882. The highest BCUT2D eigenvalue weighted by Gasteiger charge is 2.22. The number of carbonyl (C=O) groups excluding carboxylic acids is 1. The molecule has 7 heteroatoms. The highest BCUT2D eigenvalue weighted by Crippen LogP contribution is 2.29. The minimum atomic E-state index is -1.46. The summed E-state index contributed by atoms with van der Waals surface area (Å²) >= 11 is 5.98. The number of aliphatic hydroxyl groups is 1. The molecule has 3 N–H and O–H groups in total. The number of anilines is 1. The molecule has 1 aromatic heterocycles. The number of H-pyrrole nitrogens is 1. The van der Waals surface area contributed by atoms with Gasteiger partial charge in [-0.15, -0.1) is 0 Å². The largest absolute Gasteiger partial charge is 0.378 e. The molecular formula is C17H13ClFN3O2. The molecule has 3 aromatic rings. The van der Waals surface area contributed by atoms with E-state index in [9.17, 15) is 14.3 Å². The van der Waals surface area contributed by atoms with Crippen molar-refractivity contribution in [2.75, 3.05) is 5.32 Å². The molecule has 122 valence electrons. The summed E-state index contributed by atoms with van der Waals surface area (Å²) in [6, 6.07) is 12.6. The lowest BCUT2D eigenvalue weighted by Gasteiger charge is -2.13. The second-order valence-electron chi connectivity index (χ2n) is 5.05. The third kappa shape index (κ3) is 3.15. The van der Waals surface area contributed by atoms with Gasteiger partial charge in [-0.05, 0) is 18.2 Å². The number of carbonyl (C=O) groups is 1. The summed E-state index contributed by atoms with van der Waals surface area (Å²) in [6.45, 7) is 0. The number of aromatic nitrogens is 2. The predicted molar refractivity (Wildman–Crippen MR) is 89.0 cm³/mol. The Labute approximate surface area is 142 Å². The van der Waals surface area contributed by atoms with E-state index in [1.165, 1.54) is 12.3 Å². The molecule has 0 spiro atoms. The maximum absolute atomic E-state index is 13.9.